The first-order valence-corrected chi connectivity index (χ1v) is 13.0. The van der Waals surface area contributed by atoms with E-state index in [0.717, 1.165) is 34.8 Å². The van der Waals surface area contributed by atoms with Crippen molar-refractivity contribution < 1.29 is 13.5 Å². The van der Waals surface area contributed by atoms with Gasteiger partial charge in [-0.1, -0.05) is 24.3 Å². The van der Waals surface area contributed by atoms with Gasteiger partial charge < -0.3 is 10.4 Å². The van der Waals surface area contributed by atoms with Crippen molar-refractivity contribution in [1.29, 1.82) is 0 Å². The van der Waals surface area contributed by atoms with Gasteiger partial charge >= 0.3 is 0 Å². The lowest BCUT2D eigenvalue weighted by atomic mass is 9.72. The normalized spacial score (nSPS) is 18.0. The van der Waals surface area contributed by atoms with E-state index in [-0.39, 0.29) is 11.5 Å². The maximum Gasteiger partial charge on any atom is 0.268 e. The fraction of sp³-hybridized carbons (Fsp3) is 0.185. The summed E-state index contributed by atoms with van der Waals surface area (Å²) in [6, 6.07) is 22.1. The van der Waals surface area contributed by atoms with Gasteiger partial charge in [-0.05, 0) is 78.8 Å². The van der Waals surface area contributed by atoms with Crippen LogP contribution < -0.4 is 5.32 Å². The fourth-order valence-corrected chi connectivity index (χ4v) is 6.21. The predicted molar refractivity (Wildman–Crippen MR) is 136 cm³/mol. The molecule has 1 aliphatic rings. The molecule has 35 heavy (non-hydrogen) atoms. The van der Waals surface area contributed by atoms with Crippen LogP contribution in [0.15, 0.2) is 90.2 Å². The Morgan fingerprint density at radius 1 is 0.971 bits per heavy atom. The molecule has 0 unspecified atom stereocenters. The fourth-order valence-electron chi connectivity index (χ4n) is 4.83. The Morgan fingerprint density at radius 3 is 2.60 bits per heavy atom. The minimum Gasteiger partial charge on any atom is -0.396 e. The molecule has 2 N–H and O–H groups in total. The third-order valence-corrected chi connectivity index (χ3v) is 8.55. The summed E-state index contributed by atoms with van der Waals surface area (Å²) in [5, 5.41) is 14.5. The van der Waals surface area contributed by atoms with E-state index >= 15 is 0 Å². The molecule has 0 saturated heterocycles. The van der Waals surface area contributed by atoms with Gasteiger partial charge in [0.1, 0.15) is 12.1 Å². The molecular weight excluding hydrogens is 460 g/mol. The minimum absolute atomic E-state index is 0.247. The molecule has 1 saturated carbocycles. The number of aromatic nitrogens is 3. The Kier molecular flexibility index (Phi) is 5.27. The van der Waals surface area contributed by atoms with E-state index in [2.05, 4.69) is 27.4 Å². The van der Waals surface area contributed by atoms with Gasteiger partial charge in [-0.15, -0.1) is 0 Å². The Labute approximate surface area is 203 Å². The Morgan fingerprint density at radius 2 is 1.80 bits per heavy atom. The molecule has 0 aliphatic heterocycles. The molecule has 7 nitrogen and oxygen atoms in total. The van der Waals surface area contributed by atoms with Gasteiger partial charge in [0, 0.05) is 29.3 Å². The summed E-state index contributed by atoms with van der Waals surface area (Å²) in [5.74, 6) is 1.54. The predicted octanol–water partition coefficient (Wildman–Crippen LogP) is 5.05. The van der Waals surface area contributed by atoms with Gasteiger partial charge in [-0.3, -0.25) is 0 Å². The van der Waals surface area contributed by atoms with E-state index < -0.39 is 10.0 Å². The molecule has 0 bridgehead atoms. The summed E-state index contributed by atoms with van der Waals surface area (Å²) in [5.41, 5.74) is 3.50. The van der Waals surface area contributed by atoms with Crippen LogP contribution in [0.5, 0.6) is 0 Å². The molecule has 6 rings (SSSR count). The summed E-state index contributed by atoms with van der Waals surface area (Å²) in [6.07, 6.45) is 5.12. The first-order valence-electron chi connectivity index (χ1n) is 11.6. The molecule has 3 aromatic carbocycles. The molecule has 176 valence electrons. The Balaban J connectivity index is 1.32. The number of nitrogens with one attached hydrogen (secondary N) is 1. The molecule has 0 amide bonds. The smallest absolute Gasteiger partial charge is 0.268 e. The topological polar surface area (TPSA) is 97.1 Å². The van der Waals surface area contributed by atoms with Crippen molar-refractivity contribution in [2.24, 2.45) is 5.92 Å². The lowest BCUT2D eigenvalue weighted by Gasteiger charge is -2.34. The van der Waals surface area contributed by atoms with E-state index in [0.29, 0.717) is 23.2 Å². The van der Waals surface area contributed by atoms with E-state index in [1.165, 1.54) is 15.9 Å². The van der Waals surface area contributed by atoms with Crippen LogP contribution in [0.1, 0.15) is 24.3 Å². The standard InChI is InChI=1S/C27H24N4O3S/c32-16-18-12-21(13-18)19-6-8-25-24(15-19)27(29-17-28-25)30-22-7-9-26-20(14-22)10-11-31(26)35(33,34)23-4-2-1-3-5-23/h1-11,14-15,17-18,21,32H,12-13,16H2,(H,28,29,30). The van der Waals surface area contributed by atoms with Gasteiger partial charge in [0.2, 0.25) is 0 Å². The monoisotopic (exact) mass is 484 g/mol. The molecule has 2 aromatic heterocycles. The summed E-state index contributed by atoms with van der Waals surface area (Å²) >= 11 is 0. The van der Waals surface area contributed by atoms with Crippen molar-refractivity contribution in [1.82, 2.24) is 13.9 Å². The van der Waals surface area contributed by atoms with Gasteiger partial charge in [0.15, 0.2) is 0 Å². The molecule has 0 radical (unpaired) electrons. The second-order valence-electron chi connectivity index (χ2n) is 9.04. The van der Waals surface area contributed by atoms with Crippen LogP contribution in [-0.2, 0) is 10.0 Å². The number of rotatable bonds is 6. The first kappa shape index (κ1) is 21.8. The highest BCUT2D eigenvalue weighted by Crippen LogP contribution is 2.42. The van der Waals surface area contributed by atoms with Crippen molar-refractivity contribution in [3.05, 3.63) is 90.9 Å². The van der Waals surface area contributed by atoms with Crippen LogP contribution in [0.2, 0.25) is 0 Å². The maximum atomic E-state index is 13.1. The number of aliphatic hydroxyl groups is 1. The van der Waals surface area contributed by atoms with Crippen LogP contribution in [0.4, 0.5) is 11.5 Å². The van der Waals surface area contributed by atoms with Gasteiger partial charge in [0.05, 0.1) is 15.9 Å². The van der Waals surface area contributed by atoms with E-state index in [1.54, 1.807) is 48.7 Å². The Bertz CT molecular complexity index is 1640. The highest BCUT2D eigenvalue weighted by molar-refractivity contribution is 7.90. The highest BCUT2D eigenvalue weighted by Gasteiger charge is 2.29. The average Bonchev–Trinajstić information content (AvgIpc) is 3.28. The summed E-state index contributed by atoms with van der Waals surface area (Å²) in [4.78, 5) is 9.14. The van der Waals surface area contributed by atoms with Gasteiger partial charge in [-0.25, -0.2) is 22.4 Å². The number of benzene rings is 3. The summed E-state index contributed by atoms with van der Waals surface area (Å²) < 4.78 is 27.5. The Hall–Kier alpha value is -3.75. The molecule has 0 spiro atoms. The number of aliphatic hydroxyl groups excluding tert-OH is 1. The quantitative estimate of drug-likeness (QED) is 0.350. The van der Waals surface area contributed by atoms with Crippen LogP contribution in [-0.4, -0.2) is 34.1 Å². The number of hydrogen-bond acceptors (Lipinski definition) is 6. The largest absolute Gasteiger partial charge is 0.396 e. The van der Waals surface area contributed by atoms with Crippen molar-refractivity contribution in [3.63, 3.8) is 0 Å². The highest BCUT2D eigenvalue weighted by atomic mass is 32.2. The lowest BCUT2D eigenvalue weighted by Crippen LogP contribution is -2.24. The van der Waals surface area contributed by atoms with Crippen molar-refractivity contribution in [2.75, 3.05) is 11.9 Å². The number of nitrogens with zero attached hydrogens (tertiary/aromatic N) is 3. The van der Waals surface area contributed by atoms with Crippen molar-refractivity contribution in [3.8, 4) is 0 Å². The maximum absolute atomic E-state index is 13.1. The summed E-state index contributed by atoms with van der Waals surface area (Å²) in [6.45, 7) is 0.247. The van der Waals surface area contributed by atoms with E-state index in [9.17, 15) is 13.5 Å². The van der Waals surface area contributed by atoms with Crippen LogP contribution in [0.3, 0.4) is 0 Å². The number of anilines is 2. The first-order chi connectivity index (χ1) is 17.0. The zero-order valence-electron chi connectivity index (χ0n) is 18.9. The van der Waals surface area contributed by atoms with Gasteiger partial charge in [0.25, 0.3) is 10.0 Å². The average molecular weight is 485 g/mol. The molecule has 5 aromatic rings. The molecule has 8 heteroatoms. The zero-order valence-corrected chi connectivity index (χ0v) is 19.7. The molecule has 0 atom stereocenters. The second-order valence-corrected chi connectivity index (χ2v) is 10.9. The lowest BCUT2D eigenvalue weighted by molar-refractivity contribution is 0.142. The molecular formula is C27H24N4O3S. The van der Waals surface area contributed by atoms with E-state index in [1.807, 2.05) is 18.2 Å². The van der Waals surface area contributed by atoms with Crippen molar-refractivity contribution in [2.45, 2.75) is 23.7 Å². The zero-order chi connectivity index (χ0) is 24.0. The van der Waals surface area contributed by atoms with Crippen LogP contribution >= 0.6 is 0 Å². The van der Waals surface area contributed by atoms with Crippen molar-refractivity contribution >= 4 is 43.3 Å². The third kappa shape index (κ3) is 3.84. The molecule has 1 fully saturated rings. The van der Waals surface area contributed by atoms with Crippen LogP contribution in [0, 0.1) is 5.92 Å². The number of hydrogen-bond donors (Lipinski definition) is 2. The minimum atomic E-state index is -3.68. The second kappa shape index (κ2) is 8.48. The van der Waals surface area contributed by atoms with Gasteiger partial charge in [-0.2, -0.15) is 0 Å². The van der Waals surface area contributed by atoms with Crippen LogP contribution in [0.25, 0.3) is 21.8 Å². The molecule has 2 heterocycles. The SMILES string of the molecule is O=S(=O)(c1ccccc1)n1ccc2cc(Nc3ncnc4ccc(C5CC(CO)C5)cc34)ccc21. The third-order valence-electron chi connectivity index (χ3n) is 6.84. The van der Waals surface area contributed by atoms with E-state index in [4.69, 9.17) is 0 Å². The summed E-state index contributed by atoms with van der Waals surface area (Å²) in [7, 11) is -3.68. The number of fused-ring (bicyclic) bond motifs is 2. The molecule has 1 aliphatic carbocycles.